The molecule has 0 aliphatic heterocycles. The van der Waals surface area contributed by atoms with Crippen molar-refractivity contribution < 1.29 is 0 Å². The lowest BCUT2D eigenvalue weighted by molar-refractivity contribution is 0.399. The third-order valence-electron chi connectivity index (χ3n) is 3.02. The summed E-state index contributed by atoms with van der Waals surface area (Å²) in [5.74, 6) is 0.630. The van der Waals surface area contributed by atoms with Gasteiger partial charge in [0.15, 0.2) is 0 Å². The zero-order chi connectivity index (χ0) is 12.0. The summed E-state index contributed by atoms with van der Waals surface area (Å²) < 4.78 is 0. The second kappa shape index (κ2) is 6.93. The third-order valence-corrected chi connectivity index (χ3v) is 3.25. The van der Waals surface area contributed by atoms with Gasteiger partial charge in [-0.05, 0) is 49.9 Å². The molecule has 1 aromatic rings. The number of hydrogen-bond acceptors (Lipinski definition) is 1. The van der Waals surface area contributed by atoms with Gasteiger partial charge in [-0.3, -0.25) is 0 Å². The number of hydrogen-bond donors (Lipinski definition) is 1. The van der Waals surface area contributed by atoms with Crippen LogP contribution < -0.4 is 5.32 Å². The predicted octanol–water partition coefficient (Wildman–Crippen LogP) is 3.91. The highest BCUT2D eigenvalue weighted by molar-refractivity contribution is 6.30. The molecule has 0 heterocycles. The summed E-state index contributed by atoms with van der Waals surface area (Å²) in [6.07, 6.45) is 2.27. The van der Waals surface area contributed by atoms with E-state index in [9.17, 15) is 0 Å². The highest BCUT2D eigenvalue weighted by Gasteiger charge is 2.11. The first-order valence-electron chi connectivity index (χ1n) is 6.11. The third kappa shape index (κ3) is 4.54. The van der Waals surface area contributed by atoms with Gasteiger partial charge in [0.25, 0.3) is 0 Å². The van der Waals surface area contributed by atoms with Crippen molar-refractivity contribution in [2.75, 3.05) is 6.54 Å². The van der Waals surface area contributed by atoms with Gasteiger partial charge in [0, 0.05) is 11.1 Å². The van der Waals surface area contributed by atoms with E-state index in [1.165, 1.54) is 12.0 Å². The first-order valence-corrected chi connectivity index (χ1v) is 6.49. The minimum Gasteiger partial charge on any atom is -0.314 e. The van der Waals surface area contributed by atoms with Crippen molar-refractivity contribution in [3.8, 4) is 0 Å². The molecule has 0 bridgehead atoms. The summed E-state index contributed by atoms with van der Waals surface area (Å²) in [6, 6.07) is 8.71. The molecule has 90 valence electrons. The molecule has 2 atom stereocenters. The van der Waals surface area contributed by atoms with Crippen molar-refractivity contribution in [3.63, 3.8) is 0 Å². The van der Waals surface area contributed by atoms with Gasteiger partial charge < -0.3 is 5.32 Å². The van der Waals surface area contributed by atoms with E-state index in [-0.39, 0.29) is 0 Å². The van der Waals surface area contributed by atoms with E-state index in [4.69, 9.17) is 11.6 Å². The van der Waals surface area contributed by atoms with Gasteiger partial charge in [0.2, 0.25) is 0 Å². The van der Waals surface area contributed by atoms with Crippen molar-refractivity contribution in [2.45, 2.75) is 39.7 Å². The predicted molar refractivity (Wildman–Crippen MR) is 72.1 cm³/mol. The van der Waals surface area contributed by atoms with Crippen molar-refractivity contribution in [3.05, 3.63) is 34.9 Å². The van der Waals surface area contributed by atoms with Crippen LogP contribution in [0.3, 0.4) is 0 Å². The van der Waals surface area contributed by atoms with Crippen molar-refractivity contribution in [1.82, 2.24) is 5.32 Å². The fraction of sp³-hybridized carbons (Fsp3) is 0.571. The van der Waals surface area contributed by atoms with Crippen LogP contribution in [0.2, 0.25) is 5.02 Å². The fourth-order valence-corrected chi connectivity index (χ4v) is 2.00. The fourth-order valence-electron chi connectivity index (χ4n) is 1.79. The Morgan fingerprint density at radius 3 is 2.69 bits per heavy atom. The molecular weight excluding hydrogens is 218 g/mol. The van der Waals surface area contributed by atoms with E-state index in [0.717, 1.165) is 18.0 Å². The lowest BCUT2D eigenvalue weighted by atomic mass is 9.95. The Morgan fingerprint density at radius 1 is 1.31 bits per heavy atom. The van der Waals surface area contributed by atoms with Gasteiger partial charge in [-0.1, -0.05) is 37.6 Å². The van der Waals surface area contributed by atoms with E-state index < -0.39 is 0 Å². The van der Waals surface area contributed by atoms with Crippen LogP contribution in [-0.4, -0.2) is 12.6 Å². The Hall–Kier alpha value is -0.530. The highest BCUT2D eigenvalue weighted by Crippen LogP contribution is 2.16. The lowest BCUT2D eigenvalue weighted by Gasteiger charge is -2.21. The summed E-state index contributed by atoms with van der Waals surface area (Å²) in [5.41, 5.74) is 1.32. The van der Waals surface area contributed by atoms with Crippen LogP contribution in [0.4, 0.5) is 0 Å². The maximum absolute atomic E-state index is 5.98. The van der Waals surface area contributed by atoms with Crippen molar-refractivity contribution >= 4 is 11.6 Å². The van der Waals surface area contributed by atoms with Crippen LogP contribution >= 0.6 is 11.6 Å². The number of benzene rings is 1. The van der Waals surface area contributed by atoms with E-state index in [0.29, 0.717) is 12.0 Å². The zero-order valence-corrected chi connectivity index (χ0v) is 11.2. The minimum absolute atomic E-state index is 0.555. The second-order valence-corrected chi connectivity index (χ2v) is 4.99. The van der Waals surface area contributed by atoms with Crippen LogP contribution in [0, 0.1) is 5.92 Å². The van der Waals surface area contributed by atoms with E-state index in [1.54, 1.807) is 0 Å². The molecule has 0 aliphatic carbocycles. The normalized spacial score (nSPS) is 14.8. The first-order chi connectivity index (χ1) is 7.63. The molecule has 0 amide bonds. The Balaban J connectivity index is 2.47. The lowest BCUT2D eigenvalue weighted by Crippen LogP contribution is -2.33. The molecule has 0 aliphatic rings. The van der Waals surface area contributed by atoms with Crippen LogP contribution in [0.15, 0.2) is 24.3 Å². The molecule has 0 saturated carbocycles. The highest BCUT2D eigenvalue weighted by atomic mass is 35.5. The molecule has 0 saturated heterocycles. The summed E-state index contributed by atoms with van der Waals surface area (Å²) in [4.78, 5) is 0. The molecule has 1 rings (SSSR count). The largest absolute Gasteiger partial charge is 0.314 e. The molecule has 1 N–H and O–H groups in total. The van der Waals surface area contributed by atoms with Crippen LogP contribution in [-0.2, 0) is 6.42 Å². The maximum Gasteiger partial charge on any atom is 0.0408 e. The zero-order valence-electron chi connectivity index (χ0n) is 10.5. The number of halogens is 1. The quantitative estimate of drug-likeness (QED) is 0.794. The monoisotopic (exact) mass is 239 g/mol. The topological polar surface area (TPSA) is 12.0 Å². The molecule has 0 spiro atoms. The molecule has 16 heavy (non-hydrogen) atoms. The van der Waals surface area contributed by atoms with Gasteiger partial charge in [-0.2, -0.15) is 0 Å². The minimum atomic E-state index is 0.555. The van der Waals surface area contributed by atoms with Crippen molar-refractivity contribution in [1.29, 1.82) is 0 Å². The molecule has 1 nitrogen and oxygen atoms in total. The molecule has 0 aromatic heterocycles. The van der Waals surface area contributed by atoms with Gasteiger partial charge in [-0.25, -0.2) is 0 Å². The Kier molecular flexibility index (Phi) is 5.86. The van der Waals surface area contributed by atoms with E-state index in [1.807, 2.05) is 12.1 Å². The molecule has 2 unspecified atom stereocenters. The summed E-state index contributed by atoms with van der Waals surface area (Å²) in [6.45, 7) is 7.83. The van der Waals surface area contributed by atoms with Gasteiger partial charge in [0.05, 0.1) is 0 Å². The number of nitrogens with one attached hydrogen (secondary N) is 1. The van der Waals surface area contributed by atoms with Gasteiger partial charge in [-0.15, -0.1) is 0 Å². The Morgan fingerprint density at radius 2 is 2.06 bits per heavy atom. The average molecular weight is 240 g/mol. The molecule has 0 fully saturated rings. The molecular formula is C14H22ClN. The molecule has 1 aromatic carbocycles. The standard InChI is InChI=1S/C14H22ClN/c1-4-8-16-12(3)11(2)9-13-6-5-7-14(15)10-13/h5-7,10-12,16H,4,8-9H2,1-3H3. The van der Waals surface area contributed by atoms with Crippen LogP contribution in [0.5, 0.6) is 0 Å². The van der Waals surface area contributed by atoms with Crippen molar-refractivity contribution in [2.24, 2.45) is 5.92 Å². The van der Waals surface area contributed by atoms with Crippen LogP contribution in [0.25, 0.3) is 0 Å². The molecule has 2 heteroatoms. The van der Waals surface area contributed by atoms with Gasteiger partial charge >= 0.3 is 0 Å². The Labute approximate surface area is 104 Å². The average Bonchev–Trinajstić information content (AvgIpc) is 2.25. The van der Waals surface area contributed by atoms with Gasteiger partial charge in [0.1, 0.15) is 0 Å². The second-order valence-electron chi connectivity index (χ2n) is 4.55. The summed E-state index contributed by atoms with van der Waals surface area (Å²) in [5, 5.41) is 4.37. The smallest absolute Gasteiger partial charge is 0.0408 e. The van der Waals surface area contributed by atoms with Crippen LogP contribution in [0.1, 0.15) is 32.8 Å². The SMILES string of the molecule is CCCNC(C)C(C)Cc1cccc(Cl)c1. The first kappa shape index (κ1) is 13.5. The Bertz CT molecular complexity index is 311. The summed E-state index contributed by atoms with van der Waals surface area (Å²) in [7, 11) is 0. The van der Waals surface area contributed by atoms with E-state index in [2.05, 4.69) is 38.2 Å². The molecule has 0 radical (unpaired) electrons. The van der Waals surface area contributed by atoms with E-state index >= 15 is 0 Å². The summed E-state index contributed by atoms with van der Waals surface area (Å²) >= 11 is 5.98. The maximum atomic E-state index is 5.98. The number of rotatable bonds is 6.